The van der Waals surface area contributed by atoms with Gasteiger partial charge < -0.3 is 14.9 Å². The minimum absolute atomic E-state index is 0.0846. The van der Waals surface area contributed by atoms with Crippen molar-refractivity contribution in [3.05, 3.63) is 52.2 Å². The molecule has 1 saturated heterocycles. The minimum atomic E-state index is -0.270. The largest absolute Gasteiger partial charge is 0.361 e. The van der Waals surface area contributed by atoms with E-state index in [0.29, 0.717) is 31.0 Å². The van der Waals surface area contributed by atoms with Gasteiger partial charge in [0.25, 0.3) is 5.56 Å². The molecule has 0 aliphatic carbocycles. The molecule has 30 heavy (non-hydrogen) atoms. The average Bonchev–Trinajstić information content (AvgIpc) is 3.36. The zero-order valence-corrected chi connectivity index (χ0v) is 16.8. The Morgan fingerprint density at radius 2 is 2.03 bits per heavy atom. The number of H-pyrrole nitrogens is 2. The summed E-state index contributed by atoms with van der Waals surface area (Å²) in [6.45, 7) is 3.08. The average molecular weight is 405 g/mol. The molecule has 9 nitrogen and oxygen atoms in total. The van der Waals surface area contributed by atoms with Crippen molar-refractivity contribution in [1.29, 1.82) is 0 Å². The summed E-state index contributed by atoms with van der Waals surface area (Å²) >= 11 is 0. The van der Waals surface area contributed by atoms with Gasteiger partial charge in [0, 0.05) is 36.6 Å². The number of aryl methyl sites for hydroxylation is 2. The number of carbonyl (C=O) groups is 1. The molecule has 4 aromatic rings. The highest BCUT2D eigenvalue weighted by Crippen LogP contribution is 2.25. The van der Waals surface area contributed by atoms with Gasteiger partial charge in [0.1, 0.15) is 5.82 Å². The minimum Gasteiger partial charge on any atom is -0.361 e. The molecule has 9 heteroatoms. The Morgan fingerprint density at radius 1 is 1.23 bits per heavy atom. The zero-order valence-electron chi connectivity index (χ0n) is 16.8. The second-order valence-corrected chi connectivity index (χ2v) is 7.83. The first-order chi connectivity index (χ1) is 14.6. The number of fused-ring (bicyclic) bond motifs is 2. The summed E-state index contributed by atoms with van der Waals surface area (Å²) in [4.78, 5) is 37.0. The SMILES string of the molecule is Cc1nc2c(nnn2C2CCN(C(=O)CCc3c[nH]c4ccccc34)CC2)c(=O)[nH]1. The predicted molar refractivity (Wildman–Crippen MR) is 112 cm³/mol. The number of aromatic amines is 2. The van der Waals surface area contributed by atoms with Crippen LogP contribution in [0.25, 0.3) is 22.1 Å². The van der Waals surface area contributed by atoms with Crippen LogP contribution in [0.3, 0.4) is 0 Å². The number of carbonyl (C=O) groups excluding carboxylic acids is 1. The van der Waals surface area contributed by atoms with Gasteiger partial charge in [0.05, 0.1) is 6.04 Å². The lowest BCUT2D eigenvalue weighted by Gasteiger charge is -2.32. The number of benzene rings is 1. The first-order valence-electron chi connectivity index (χ1n) is 10.2. The van der Waals surface area contributed by atoms with E-state index in [1.807, 2.05) is 29.3 Å². The van der Waals surface area contributed by atoms with E-state index >= 15 is 0 Å². The van der Waals surface area contributed by atoms with Crippen LogP contribution < -0.4 is 5.56 Å². The van der Waals surface area contributed by atoms with E-state index < -0.39 is 0 Å². The molecule has 1 fully saturated rings. The quantitative estimate of drug-likeness (QED) is 0.540. The highest BCUT2D eigenvalue weighted by molar-refractivity contribution is 5.84. The van der Waals surface area contributed by atoms with Gasteiger partial charge in [-0.15, -0.1) is 5.10 Å². The van der Waals surface area contributed by atoms with Crippen LogP contribution in [0.2, 0.25) is 0 Å². The van der Waals surface area contributed by atoms with Crippen molar-refractivity contribution in [2.75, 3.05) is 13.1 Å². The number of hydrogen-bond donors (Lipinski definition) is 2. The highest BCUT2D eigenvalue weighted by Gasteiger charge is 2.26. The maximum absolute atomic E-state index is 12.7. The van der Waals surface area contributed by atoms with Crippen LogP contribution in [0.4, 0.5) is 0 Å². The number of nitrogens with one attached hydrogen (secondary N) is 2. The molecule has 1 aromatic carbocycles. The van der Waals surface area contributed by atoms with Gasteiger partial charge in [0.15, 0.2) is 11.2 Å². The normalized spacial score (nSPS) is 15.3. The van der Waals surface area contributed by atoms with Crippen LogP contribution in [-0.2, 0) is 11.2 Å². The summed E-state index contributed by atoms with van der Waals surface area (Å²) in [5, 5.41) is 9.34. The van der Waals surface area contributed by atoms with Gasteiger partial charge in [-0.1, -0.05) is 23.4 Å². The van der Waals surface area contributed by atoms with E-state index in [4.69, 9.17) is 0 Å². The molecule has 1 amide bonds. The molecule has 0 saturated carbocycles. The Labute approximate surface area is 172 Å². The smallest absolute Gasteiger partial charge is 0.281 e. The van der Waals surface area contributed by atoms with E-state index in [9.17, 15) is 9.59 Å². The lowest BCUT2D eigenvalue weighted by Crippen LogP contribution is -2.39. The lowest BCUT2D eigenvalue weighted by molar-refractivity contribution is -0.132. The van der Waals surface area contributed by atoms with Gasteiger partial charge in [-0.3, -0.25) is 9.59 Å². The van der Waals surface area contributed by atoms with Gasteiger partial charge in [0.2, 0.25) is 5.91 Å². The van der Waals surface area contributed by atoms with Crippen molar-refractivity contribution in [1.82, 2.24) is 34.8 Å². The molecule has 1 aliphatic rings. The third-order valence-corrected chi connectivity index (χ3v) is 5.90. The second-order valence-electron chi connectivity index (χ2n) is 7.83. The van der Waals surface area contributed by atoms with Crippen LogP contribution in [0.1, 0.15) is 36.7 Å². The van der Waals surface area contributed by atoms with E-state index in [0.717, 1.165) is 24.8 Å². The number of piperidine rings is 1. The summed E-state index contributed by atoms with van der Waals surface area (Å²) in [5.41, 5.74) is 2.78. The fourth-order valence-electron chi connectivity index (χ4n) is 4.29. The van der Waals surface area contributed by atoms with Crippen molar-refractivity contribution in [3.8, 4) is 0 Å². The number of likely N-dealkylation sites (tertiary alicyclic amines) is 1. The monoisotopic (exact) mass is 405 g/mol. The summed E-state index contributed by atoms with van der Waals surface area (Å²) in [5.74, 6) is 0.716. The summed E-state index contributed by atoms with van der Waals surface area (Å²) in [6.07, 6.45) is 4.75. The third kappa shape index (κ3) is 3.26. The summed E-state index contributed by atoms with van der Waals surface area (Å²) in [7, 11) is 0. The molecule has 0 spiro atoms. The molecule has 4 heterocycles. The van der Waals surface area contributed by atoms with E-state index in [-0.39, 0.29) is 23.0 Å². The van der Waals surface area contributed by atoms with Crippen molar-refractivity contribution in [2.24, 2.45) is 0 Å². The molecule has 0 radical (unpaired) electrons. The number of rotatable bonds is 4. The molecule has 2 N–H and O–H groups in total. The maximum Gasteiger partial charge on any atom is 0.281 e. The lowest BCUT2D eigenvalue weighted by atomic mass is 10.0. The Balaban J connectivity index is 1.23. The van der Waals surface area contributed by atoms with Crippen LogP contribution in [0.5, 0.6) is 0 Å². The van der Waals surface area contributed by atoms with E-state index in [1.165, 1.54) is 10.9 Å². The number of nitrogens with zero attached hydrogens (tertiary/aromatic N) is 5. The molecule has 5 rings (SSSR count). The van der Waals surface area contributed by atoms with Crippen molar-refractivity contribution >= 4 is 28.0 Å². The summed E-state index contributed by atoms with van der Waals surface area (Å²) in [6, 6.07) is 8.23. The first kappa shape index (κ1) is 18.5. The molecule has 3 aromatic heterocycles. The molecular weight excluding hydrogens is 382 g/mol. The maximum atomic E-state index is 12.7. The first-order valence-corrected chi connectivity index (χ1v) is 10.2. The van der Waals surface area contributed by atoms with Gasteiger partial charge >= 0.3 is 0 Å². The van der Waals surface area contributed by atoms with Crippen molar-refractivity contribution in [2.45, 2.75) is 38.6 Å². The number of aromatic nitrogens is 6. The number of amides is 1. The standard InChI is InChI=1S/C21H23N7O2/c1-13-23-20-19(21(30)24-13)25-26-28(20)15-8-10-27(11-9-15)18(29)7-6-14-12-22-17-5-3-2-4-16(14)17/h2-5,12,15,22H,6-11H2,1H3,(H,23,24,30). The van der Waals surface area contributed by atoms with Crippen molar-refractivity contribution < 1.29 is 4.79 Å². The van der Waals surface area contributed by atoms with Crippen LogP contribution in [-0.4, -0.2) is 53.8 Å². The van der Waals surface area contributed by atoms with E-state index in [1.54, 1.807) is 11.6 Å². The molecule has 1 aliphatic heterocycles. The third-order valence-electron chi connectivity index (χ3n) is 5.90. The fourth-order valence-corrected chi connectivity index (χ4v) is 4.29. The van der Waals surface area contributed by atoms with Crippen LogP contribution in [0, 0.1) is 6.92 Å². The predicted octanol–water partition coefficient (Wildman–Crippen LogP) is 2.10. The Kier molecular flexibility index (Phi) is 4.57. The van der Waals surface area contributed by atoms with Gasteiger partial charge in [-0.25, -0.2) is 9.67 Å². The number of hydrogen-bond acceptors (Lipinski definition) is 5. The van der Waals surface area contributed by atoms with Crippen LogP contribution in [0.15, 0.2) is 35.3 Å². The Hall–Kier alpha value is -3.49. The van der Waals surface area contributed by atoms with Gasteiger partial charge in [-0.05, 0) is 37.8 Å². The Morgan fingerprint density at radius 3 is 2.87 bits per heavy atom. The highest BCUT2D eigenvalue weighted by atomic mass is 16.2. The zero-order chi connectivity index (χ0) is 20.7. The molecule has 0 atom stereocenters. The van der Waals surface area contributed by atoms with E-state index in [2.05, 4.69) is 31.3 Å². The topological polar surface area (TPSA) is 113 Å². The summed E-state index contributed by atoms with van der Waals surface area (Å²) < 4.78 is 1.74. The van der Waals surface area contributed by atoms with Gasteiger partial charge in [-0.2, -0.15) is 0 Å². The second kappa shape index (κ2) is 7.40. The Bertz CT molecular complexity index is 1280. The molecule has 154 valence electrons. The number of para-hydroxylation sites is 1. The molecule has 0 bridgehead atoms. The fraction of sp³-hybridized carbons (Fsp3) is 0.381. The molecular formula is C21H23N7O2. The van der Waals surface area contributed by atoms with Crippen LogP contribution >= 0.6 is 0 Å². The van der Waals surface area contributed by atoms with Crippen molar-refractivity contribution in [3.63, 3.8) is 0 Å². The molecule has 0 unspecified atom stereocenters.